The average molecular weight is 345 g/mol. The highest BCUT2D eigenvalue weighted by Crippen LogP contribution is 2.34. The van der Waals surface area contributed by atoms with Crippen LogP contribution >= 0.6 is 23.2 Å². The summed E-state index contributed by atoms with van der Waals surface area (Å²) in [6.45, 7) is 1.57. The maximum Gasteiger partial charge on any atom is 0.358 e. The van der Waals surface area contributed by atoms with Crippen molar-refractivity contribution in [2.45, 2.75) is 6.92 Å². The van der Waals surface area contributed by atoms with E-state index in [2.05, 4.69) is 14.7 Å². The number of carbonyl (C=O) groups is 1. The third kappa shape index (κ3) is 2.84. The van der Waals surface area contributed by atoms with Gasteiger partial charge in [0.05, 0.1) is 35.5 Å². The molecule has 2 rings (SSSR count). The molecule has 8 heteroatoms. The number of aromatic nitrogens is 2. The molecule has 0 N–H and O–H groups in total. The zero-order valence-corrected chi connectivity index (χ0v) is 13.4. The first-order valence-corrected chi connectivity index (χ1v) is 6.81. The van der Waals surface area contributed by atoms with Crippen molar-refractivity contribution in [1.29, 1.82) is 0 Å². The maximum absolute atomic E-state index is 14.4. The molecule has 0 bridgehead atoms. The van der Waals surface area contributed by atoms with Crippen LogP contribution in [0.1, 0.15) is 16.2 Å². The van der Waals surface area contributed by atoms with Gasteiger partial charge < -0.3 is 9.47 Å². The minimum Gasteiger partial charge on any atom is -0.492 e. The van der Waals surface area contributed by atoms with E-state index in [1.165, 1.54) is 26.4 Å². The molecule has 5 nitrogen and oxygen atoms in total. The summed E-state index contributed by atoms with van der Waals surface area (Å²) in [4.78, 5) is 19.8. The molecule has 1 heterocycles. The van der Waals surface area contributed by atoms with Crippen LogP contribution in [0.25, 0.3) is 11.4 Å². The Bertz CT molecular complexity index is 753. The molecule has 1 aromatic carbocycles. The van der Waals surface area contributed by atoms with Gasteiger partial charge in [-0.1, -0.05) is 23.2 Å². The lowest BCUT2D eigenvalue weighted by atomic mass is 10.1. The lowest BCUT2D eigenvalue weighted by Crippen LogP contribution is -2.09. The highest BCUT2D eigenvalue weighted by atomic mass is 35.5. The highest BCUT2D eigenvalue weighted by Gasteiger charge is 2.21. The number of nitrogens with zero attached hydrogens (tertiary/aromatic N) is 2. The van der Waals surface area contributed by atoms with Crippen molar-refractivity contribution in [3.05, 3.63) is 39.4 Å². The number of esters is 1. The molecule has 0 saturated heterocycles. The summed E-state index contributed by atoms with van der Waals surface area (Å²) in [5.41, 5.74) is 0.214. The second kappa shape index (κ2) is 6.46. The summed E-state index contributed by atoms with van der Waals surface area (Å²) in [7, 11) is 2.49. The van der Waals surface area contributed by atoms with E-state index in [1.807, 2.05) is 0 Å². The van der Waals surface area contributed by atoms with Crippen molar-refractivity contribution < 1.29 is 18.7 Å². The molecule has 0 aliphatic rings. The van der Waals surface area contributed by atoms with Gasteiger partial charge in [0.2, 0.25) is 0 Å². The molecule has 22 heavy (non-hydrogen) atoms. The summed E-state index contributed by atoms with van der Waals surface area (Å²) in [6, 6.07) is 2.84. The Hall–Kier alpha value is -1.92. The smallest absolute Gasteiger partial charge is 0.358 e. The van der Waals surface area contributed by atoms with Gasteiger partial charge >= 0.3 is 5.97 Å². The zero-order chi connectivity index (χ0) is 16.4. The second-order valence-corrected chi connectivity index (χ2v) is 5.01. The fraction of sp³-hybridized carbons (Fsp3) is 0.214. The second-order valence-electron chi connectivity index (χ2n) is 4.23. The Morgan fingerprint density at radius 2 is 1.91 bits per heavy atom. The predicted molar refractivity (Wildman–Crippen MR) is 80.1 cm³/mol. The van der Waals surface area contributed by atoms with Crippen LogP contribution in [0.3, 0.4) is 0 Å². The first-order valence-electron chi connectivity index (χ1n) is 6.05. The van der Waals surface area contributed by atoms with Crippen LogP contribution in [-0.4, -0.2) is 30.2 Å². The van der Waals surface area contributed by atoms with Crippen LogP contribution in [0.2, 0.25) is 10.0 Å². The molecule has 0 atom stereocenters. The average Bonchev–Trinajstić information content (AvgIpc) is 2.50. The van der Waals surface area contributed by atoms with Crippen LogP contribution < -0.4 is 4.74 Å². The molecule has 0 fully saturated rings. The number of ether oxygens (including phenoxy) is 2. The molecule has 1 aromatic heterocycles. The van der Waals surface area contributed by atoms with Crippen LogP contribution in [0.4, 0.5) is 4.39 Å². The van der Waals surface area contributed by atoms with Gasteiger partial charge in [0.25, 0.3) is 0 Å². The van der Waals surface area contributed by atoms with Crippen LogP contribution in [0.5, 0.6) is 5.75 Å². The number of aryl methyl sites for hydroxylation is 1. The van der Waals surface area contributed by atoms with E-state index in [4.69, 9.17) is 27.9 Å². The lowest BCUT2D eigenvalue weighted by Gasteiger charge is -2.11. The first-order chi connectivity index (χ1) is 10.4. The topological polar surface area (TPSA) is 61.3 Å². The largest absolute Gasteiger partial charge is 0.492 e. The Morgan fingerprint density at radius 1 is 1.23 bits per heavy atom. The van der Waals surface area contributed by atoms with Gasteiger partial charge in [-0.15, -0.1) is 0 Å². The molecular weight excluding hydrogens is 334 g/mol. The highest BCUT2D eigenvalue weighted by molar-refractivity contribution is 6.34. The number of benzene rings is 1. The van der Waals surface area contributed by atoms with E-state index < -0.39 is 11.8 Å². The van der Waals surface area contributed by atoms with Crippen molar-refractivity contribution in [2.75, 3.05) is 14.2 Å². The minimum atomic E-state index is -0.738. The van der Waals surface area contributed by atoms with Gasteiger partial charge in [0, 0.05) is 0 Å². The minimum absolute atomic E-state index is 0.0187. The molecule has 0 spiro atoms. The van der Waals surface area contributed by atoms with Crippen molar-refractivity contribution in [1.82, 2.24) is 9.97 Å². The third-order valence-electron chi connectivity index (χ3n) is 2.89. The molecule has 0 aliphatic carbocycles. The third-order valence-corrected chi connectivity index (χ3v) is 3.64. The number of hydrogen-bond donors (Lipinski definition) is 0. The summed E-state index contributed by atoms with van der Waals surface area (Å²) >= 11 is 11.8. The van der Waals surface area contributed by atoms with Gasteiger partial charge in [-0.3, -0.25) is 0 Å². The molecule has 0 saturated carbocycles. The fourth-order valence-corrected chi connectivity index (χ4v) is 2.19. The lowest BCUT2D eigenvalue weighted by molar-refractivity contribution is 0.0594. The van der Waals surface area contributed by atoms with Crippen LogP contribution in [0, 0.1) is 12.7 Å². The Labute approximate surface area is 136 Å². The van der Waals surface area contributed by atoms with Crippen molar-refractivity contribution >= 4 is 29.2 Å². The van der Waals surface area contributed by atoms with Gasteiger partial charge in [0.1, 0.15) is 0 Å². The summed E-state index contributed by atoms with van der Waals surface area (Å²) in [6.07, 6.45) is 0. The van der Waals surface area contributed by atoms with Gasteiger partial charge in [0.15, 0.2) is 23.1 Å². The SMILES string of the molecule is COC(=O)c1nc(-c2ccc(Cl)c(OC)c2F)nc(C)c1Cl. The summed E-state index contributed by atoms with van der Waals surface area (Å²) in [5, 5.41) is 0.166. The molecule has 0 amide bonds. The number of methoxy groups -OCH3 is 2. The molecule has 2 aromatic rings. The summed E-state index contributed by atoms with van der Waals surface area (Å²) in [5.74, 6) is -1.62. The first kappa shape index (κ1) is 16.5. The molecule has 116 valence electrons. The molecular formula is C14H11Cl2FN2O3. The van der Waals surface area contributed by atoms with E-state index in [0.29, 0.717) is 5.69 Å². The van der Waals surface area contributed by atoms with E-state index in [9.17, 15) is 9.18 Å². The molecule has 0 radical (unpaired) electrons. The Balaban J connectivity index is 2.69. The number of hydrogen-bond acceptors (Lipinski definition) is 5. The van der Waals surface area contributed by atoms with Crippen molar-refractivity contribution in [2.24, 2.45) is 0 Å². The van der Waals surface area contributed by atoms with Gasteiger partial charge in [-0.25, -0.2) is 19.2 Å². The van der Waals surface area contributed by atoms with Crippen molar-refractivity contribution in [3.8, 4) is 17.1 Å². The Morgan fingerprint density at radius 3 is 2.50 bits per heavy atom. The molecule has 0 aliphatic heterocycles. The summed E-state index contributed by atoms with van der Waals surface area (Å²) < 4.78 is 23.9. The van der Waals surface area contributed by atoms with Gasteiger partial charge in [-0.2, -0.15) is 0 Å². The number of halogens is 3. The monoisotopic (exact) mass is 344 g/mol. The van der Waals surface area contributed by atoms with E-state index in [0.717, 1.165) is 0 Å². The van der Waals surface area contributed by atoms with E-state index in [-0.39, 0.29) is 32.9 Å². The number of rotatable bonds is 3. The molecule has 0 unspecified atom stereocenters. The van der Waals surface area contributed by atoms with Crippen molar-refractivity contribution in [3.63, 3.8) is 0 Å². The number of carbonyl (C=O) groups excluding carboxylic acids is 1. The normalized spacial score (nSPS) is 10.5. The Kier molecular flexibility index (Phi) is 4.83. The quantitative estimate of drug-likeness (QED) is 0.794. The maximum atomic E-state index is 14.4. The zero-order valence-electron chi connectivity index (χ0n) is 11.9. The predicted octanol–water partition coefficient (Wildman–Crippen LogP) is 3.69. The van der Waals surface area contributed by atoms with Crippen LogP contribution in [-0.2, 0) is 4.74 Å². The standard InChI is InChI=1S/C14H11Cl2FN2O3/c1-6-9(16)11(14(20)22-3)19-13(18-6)7-4-5-8(15)12(21-2)10(7)17/h4-5H,1-3H3. The van der Waals surface area contributed by atoms with Crippen LogP contribution in [0.15, 0.2) is 12.1 Å². The van der Waals surface area contributed by atoms with Gasteiger partial charge in [-0.05, 0) is 19.1 Å². The van der Waals surface area contributed by atoms with E-state index >= 15 is 0 Å². The van der Waals surface area contributed by atoms with E-state index in [1.54, 1.807) is 6.92 Å². The fourth-order valence-electron chi connectivity index (χ4n) is 1.80.